The van der Waals surface area contributed by atoms with E-state index < -0.39 is 6.10 Å². The summed E-state index contributed by atoms with van der Waals surface area (Å²) in [6.07, 6.45) is 3.76. The number of piperidine rings is 1. The first-order valence-corrected chi connectivity index (χ1v) is 12.0. The summed E-state index contributed by atoms with van der Waals surface area (Å²) >= 11 is 0. The monoisotopic (exact) mass is 464 g/mol. The van der Waals surface area contributed by atoms with E-state index in [9.17, 15) is 9.90 Å². The third-order valence-corrected chi connectivity index (χ3v) is 6.82. The van der Waals surface area contributed by atoms with Crippen LogP contribution in [0.25, 0.3) is 11.0 Å². The van der Waals surface area contributed by atoms with Crippen molar-refractivity contribution in [2.75, 3.05) is 43.4 Å². The Morgan fingerprint density at radius 2 is 1.97 bits per heavy atom. The predicted octanol–water partition coefficient (Wildman–Crippen LogP) is 1.61. The van der Waals surface area contributed by atoms with Crippen molar-refractivity contribution in [2.24, 2.45) is 0 Å². The molecule has 4 heterocycles. The van der Waals surface area contributed by atoms with Crippen molar-refractivity contribution in [3.63, 3.8) is 0 Å². The van der Waals surface area contributed by atoms with Crippen LogP contribution >= 0.6 is 0 Å². The highest BCUT2D eigenvalue weighted by Crippen LogP contribution is 2.25. The average Bonchev–Trinajstić information content (AvgIpc) is 3.27. The quantitative estimate of drug-likeness (QED) is 0.416. The average molecular weight is 465 g/mol. The summed E-state index contributed by atoms with van der Waals surface area (Å²) in [4.78, 5) is 24.5. The number of aliphatic hydroxyl groups is 1. The number of aromatic amines is 1. The zero-order valence-corrected chi connectivity index (χ0v) is 19.5. The lowest BCUT2D eigenvalue weighted by Gasteiger charge is -2.31. The van der Waals surface area contributed by atoms with Gasteiger partial charge in [0.2, 0.25) is 5.91 Å². The Morgan fingerprint density at radius 3 is 2.76 bits per heavy atom. The molecule has 3 aromatic rings. The number of aliphatic hydroxyl groups excluding tert-OH is 1. The number of carbonyl (C=O) groups excluding carboxylic acids is 1. The first kappa shape index (κ1) is 22.5. The van der Waals surface area contributed by atoms with Gasteiger partial charge < -0.3 is 20.6 Å². The summed E-state index contributed by atoms with van der Waals surface area (Å²) in [5.41, 5.74) is 4.18. The third kappa shape index (κ3) is 4.97. The number of aromatic nitrogens is 4. The number of fused-ring (bicyclic) bond motifs is 2. The SMILES string of the molecule is CC(=O)N1CCC(Nc2ncnc3c(NCC(O)CN4CCc5ccccc5C4)n[nH]c23)CC1. The third-order valence-electron chi connectivity index (χ3n) is 6.82. The maximum atomic E-state index is 11.6. The molecule has 2 aromatic heterocycles. The normalized spacial score (nSPS) is 18.0. The molecule has 1 fully saturated rings. The van der Waals surface area contributed by atoms with Crippen LogP contribution in [0.4, 0.5) is 11.6 Å². The highest BCUT2D eigenvalue weighted by Gasteiger charge is 2.23. The number of carbonyl (C=O) groups is 1. The van der Waals surface area contributed by atoms with Gasteiger partial charge in [-0.05, 0) is 30.4 Å². The van der Waals surface area contributed by atoms with Crippen molar-refractivity contribution < 1.29 is 9.90 Å². The summed E-state index contributed by atoms with van der Waals surface area (Å²) in [6, 6.07) is 8.75. The molecule has 5 rings (SSSR count). The molecule has 0 saturated carbocycles. The number of H-pyrrole nitrogens is 1. The van der Waals surface area contributed by atoms with E-state index in [0.29, 0.717) is 30.2 Å². The van der Waals surface area contributed by atoms with Gasteiger partial charge in [-0.1, -0.05) is 24.3 Å². The number of rotatable bonds is 7. The molecule has 0 radical (unpaired) electrons. The van der Waals surface area contributed by atoms with Gasteiger partial charge in [-0.25, -0.2) is 9.97 Å². The Kier molecular flexibility index (Phi) is 6.59. The Morgan fingerprint density at radius 1 is 1.18 bits per heavy atom. The fourth-order valence-electron chi connectivity index (χ4n) is 4.89. The number of β-amino-alcohol motifs (C(OH)–C–C–N with tert-alkyl or cyclic N) is 1. The van der Waals surface area contributed by atoms with Gasteiger partial charge in [0.25, 0.3) is 0 Å². The zero-order valence-electron chi connectivity index (χ0n) is 19.5. The molecule has 1 saturated heterocycles. The predicted molar refractivity (Wildman–Crippen MR) is 131 cm³/mol. The van der Waals surface area contributed by atoms with Gasteiger partial charge in [0.1, 0.15) is 17.4 Å². The first-order valence-electron chi connectivity index (χ1n) is 12.0. The van der Waals surface area contributed by atoms with Gasteiger partial charge in [-0.15, -0.1) is 0 Å². The first-order chi connectivity index (χ1) is 16.6. The van der Waals surface area contributed by atoms with Crippen LogP contribution in [0.5, 0.6) is 0 Å². The highest BCUT2D eigenvalue weighted by atomic mass is 16.3. The van der Waals surface area contributed by atoms with Crippen molar-refractivity contribution in [2.45, 2.75) is 44.9 Å². The van der Waals surface area contributed by atoms with Crippen LogP contribution in [0.15, 0.2) is 30.6 Å². The van der Waals surface area contributed by atoms with Crippen LogP contribution in [-0.2, 0) is 17.8 Å². The summed E-state index contributed by atoms with van der Waals surface area (Å²) in [5, 5.41) is 24.8. The summed E-state index contributed by atoms with van der Waals surface area (Å²) in [5.74, 6) is 1.44. The van der Waals surface area contributed by atoms with E-state index >= 15 is 0 Å². The van der Waals surface area contributed by atoms with Crippen LogP contribution in [0.2, 0.25) is 0 Å². The maximum absolute atomic E-state index is 11.6. The molecule has 1 atom stereocenters. The van der Waals surface area contributed by atoms with E-state index in [4.69, 9.17) is 0 Å². The molecule has 0 aliphatic carbocycles. The van der Waals surface area contributed by atoms with Crippen molar-refractivity contribution >= 4 is 28.6 Å². The second kappa shape index (κ2) is 9.94. The molecule has 2 aliphatic heterocycles. The van der Waals surface area contributed by atoms with E-state index in [1.807, 2.05) is 4.90 Å². The van der Waals surface area contributed by atoms with E-state index in [1.165, 1.54) is 17.5 Å². The number of likely N-dealkylation sites (tertiary alicyclic amines) is 1. The fourth-order valence-corrected chi connectivity index (χ4v) is 4.89. The molecule has 4 N–H and O–H groups in total. The van der Waals surface area contributed by atoms with Crippen LogP contribution in [-0.4, -0.2) is 85.8 Å². The fraction of sp³-hybridized carbons (Fsp3) is 0.500. The smallest absolute Gasteiger partial charge is 0.219 e. The summed E-state index contributed by atoms with van der Waals surface area (Å²) < 4.78 is 0. The Balaban J connectivity index is 1.16. The molecule has 34 heavy (non-hydrogen) atoms. The molecule has 2 aliphatic rings. The van der Waals surface area contributed by atoms with Gasteiger partial charge >= 0.3 is 0 Å². The van der Waals surface area contributed by atoms with E-state index in [0.717, 1.165) is 51.0 Å². The lowest BCUT2D eigenvalue weighted by Crippen LogP contribution is -2.41. The molecule has 10 nitrogen and oxygen atoms in total. The van der Waals surface area contributed by atoms with Gasteiger partial charge in [0.05, 0.1) is 6.10 Å². The highest BCUT2D eigenvalue weighted by molar-refractivity contribution is 5.92. The second-order valence-corrected chi connectivity index (χ2v) is 9.23. The van der Waals surface area contributed by atoms with Crippen LogP contribution < -0.4 is 10.6 Å². The minimum absolute atomic E-state index is 0.124. The summed E-state index contributed by atoms with van der Waals surface area (Å²) in [7, 11) is 0. The molecule has 1 aromatic carbocycles. The zero-order chi connectivity index (χ0) is 23.5. The molecule has 1 amide bonds. The maximum Gasteiger partial charge on any atom is 0.219 e. The molecule has 10 heteroatoms. The van der Waals surface area contributed by atoms with Crippen LogP contribution in [0, 0.1) is 0 Å². The number of benzene rings is 1. The Labute approximate surface area is 198 Å². The van der Waals surface area contributed by atoms with Gasteiger partial charge in [-0.3, -0.25) is 14.8 Å². The van der Waals surface area contributed by atoms with Gasteiger partial charge in [0.15, 0.2) is 11.6 Å². The Bertz CT molecular complexity index is 1140. The molecular weight excluding hydrogens is 432 g/mol. The van der Waals surface area contributed by atoms with Crippen molar-refractivity contribution in [3.05, 3.63) is 41.7 Å². The number of nitrogens with zero attached hydrogens (tertiary/aromatic N) is 5. The van der Waals surface area contributed by atoms with Crippen LogP contribution in [0.1, 0.15) is 30.9 Å². The van der Waals surface area contributed by atoms with Crippen molar-refractivity contribution in [1.29, 1.82) is 0 Å². The minimum Gasteiger partial charge on any atom is -0.390 e. The molecule has 1 unspecified atom stereocenters. The van der Waals surface area contributed by atoms with E-state index in [-0.39, 0.29) is 11.9 Å². The minimum atomic E-state index is -0.525. The summed E-state index contributed by atoms with van der Waals surface area (Å²) in [6.45, 7) is 5.91. The molecule has 180 valence electrons. The number of amides is 1. The standard InChI is InChI=1S/C24H32N8O2/c1-16(33)32-10-7-19(8-11-32)28-23-22-21(26-15-27-23)24(30-29-22)25-12-20(34)14-31-9-6-17-4-2-3-5-18(17)13-31/h2-5,15,19-20,34H,6-14H2,1H3,(H2,25,29,30)(H,26,27,28). The van der Waals surface area contributed by atoms with Crippen molar-refractivity contribution in [3.8, 4) is 0 Å². The molecule has 0 spiro atoms. The van der Waals surface area contributed by atoms with Gasteiger partial charge in [-0.2, -0.15) is 5.10 Å². The molecule has 0 bridgehead atoms. The van der Waals surface area contributed by atoms with E-state index in [2.05, 4.69) is 60.0 Å². The number of hydrogen-bond donors (Lipinski definition) is 4. The number of hydrogen-bond acceptors (Lipinski definition) is 8. The number of anilines is 2. The van der Waals surface area contributed by atoms with Gasteiger partial charge in [0, 0.05) is 52.2 Å². The largest absolute Gasteiger partial charge is 0.390 e. The molecular formula is C24H32N8O2. The van der Waals surface area contributed by atoms with Crippen molar-refractivity contribution in [1.82, 2.24) is 30.0 Å². The number of nitrogens with one attached hydrogen (secondary N) is 3. The lowest BCUT2D eigenvalue weighted by atomic mass is 10.00. The Hall–Kier alpha value is -3.24. The van der Waals surface area contributed by atoms with E-state index in [1.54, 1.807) is 6.92 Å². The van der Waals surface area contributed by atoms with Crippen LogP contribution in [0.3, 0.4) is 0 Å². The lowest BCUT2D eigenvalue weighted by molar-refractivity contribution is -0.129. The topological polar surface area (TPSA) is 122 Å². The second-order valence-electron chi connectivity index (χ2n) is 9.23.